The van der Waals surface area contributed by atoms with Gasteiger partial charge in [0.15, 0.2) is 0 Å². The number of nitrogens with zero attached hydrogens (tertiary/aromatic N) is 2. The van der Waals surface area contributed by atoms with Gasteiger partial charge in [0.1, 0.15) is 5.82 Å². The molecule has 6 heteroatoms. The van der Waals surface area contributed by atoms with Gasteiger partial charge >= 0.3 is 12.0 Å². The second-order valence-electron chi connectivity index (χ2n) is 3.34. The Morgan fingerprint density at radius 3 is 2.59 bits per heavy atom. The summed E-state index contributed by atoms with van der Waals surface area (Å²) in [6, 6.07) is 2.41. The van der Waals surface area contributed by atoms with Gasteiger partial charge < -0.3 is 10.0 Å². The fourth-order valence-corrected chi connectivity index (χ4v) is 1.33. The normalized spacial score (nSPS) is 9.76. The van der Waals surface area contributed by atoms with E-state index in [1.165, 1.54) is 18.3 Å². The van der Waals surface area contributed by atoms with Crippen molar-refractivity contribution in [1.82, 2.24) is 9.88 Å². The van der Waals surface area contributed by atoms with Gasteiger partial charge in [-0.25, -0.2) is 14.6 Å². The molecular formula is C11H15N3O3. The molecule has 1 heterocycles. The second kappa shape index (κ2) is 5.83. The van der Waals surface area contributed by atoms with E-state index in [0.29, 0.717) is 13.1 Å². The van der Waals surface area contributed by atoms with Gasteiger partial charge in [0.05, 0.1) is 5.56 Å². The van der Waals surface area contributed by atoms with Gasteiger partial charge in [-0.05, 0) is 26.0 Å². The van der Waals surface area contributed by atoms with Crippen molar-refractivity contribution < 1.29 is 14.7 Å². The first-order valence-corrected chi connectivity index (χ1v) is 5.33. The van der Waals surface area contributed by atoms with E-state index in [2.05, 4.69) is 10.3 Å². The molecule has 0 radical (unpaired) electrons. The number of amides is 2. The summed E-state index contributed by atoms with van der Waals surface area (Å²) in [7, 11) is 0. The smallest absolute Gasteiger partial charge is 0.335 e. The highest BCUT2D eigenvalue weighted by atomic mass is 16.4. The third-order valence-electron chi connectivity index (χ3n) is 2.29. The summed E-state index contributed by atoms with van der Waals surface area (Å²) in [4.78, 5) is 27.9. The Morgan fingerprint density at radius 2 is 2.06 bits per heavy atom. The topological polar surface area (TPSA) is 82.5 Å². The lowest BCUT2D eigenvalue weighted by atomic mass is 10.2. The van der Waals surface area contributed by atoms with E-state index in [-0.39, 0.29) is 17.4 Å². The monoisotopic (exact) mass is 237 g/mol. The minimum absolute atomic E-state index is 0.0925. The van der Waals surface area contributed by atoms with Crippen LogP contribution in [0.3, 0.4) is 0 Å². The molecule has 0 unspecified atom stereocenters. The highest BCUT2D eigenvalue weighted by Gasteiger charge is 2.11. The van der Waals surface area contributed by atoms with Crippen molar-refractivity contribution in [2.75, 3.05) is 18.4 Å². The molecule has 2 amide bonds. The van der Waals surface area contributed by atoms with E-state index in [4.69, 9.17) is 5.11 Å². The first-order valence-electron chi connectivity index (χ1n) is 5.33. The molecule has 0 saturated heterocycles. The fourth-order valence-electron chi connectivity index (χ4n) is 1.33. The summed E-state index contributed by atoms with van der Waals surface area (Å²) in [5.41, 5.74) is 0.0925. The number of urea groups is 1. The number of hydrogen-bond donors (Lipinski definition) is 2. The molecule has 2 N–H and O–H groups in total. The minimum atomic E-state index is -1.05. The zero-order valence-corrected chi connectivity index (χ0v) is 9.80. The lowest BCUT2D eigenvalue weighted by Crippen LogP contribution is -2.34. The van der Waals surface area contributed by atoms with Crippen LogP contribution in [0.1, 0.15) is 24.2 Å². The number of carboxylic acid groups (broad SMARTS) is 1. The van der Waals surface area contributed by atoms with Crippen LogP contribution >= 0.6 is 0 Å². The van der Waals surface area contributed by atoms with Crippen LogP contribution in [0.4, 0.5) is 10.6 Å². The number of hydrogen-bond acceptors (Lipinski definition) is 3. The Hall–Kier alpha value is -2.11. The van der Waals surface area contributed by atoms with Gasteiger partial charge in [0.2, 0.25) is 0 Å². The van der Waals surface area contributed by atoms with Crippen molar-refractivity contribution in [3.8, 4) is 0 Å². The number of carboxylic acids is 1. The Bertz CT molecular complexity index is 416. The van der Waals surface area contributed by atoms with Crippen molar-refractivity contribution in [3.63, 3.8) is 0 Å². The van der Waals surface area contributed by atoms with Gasteiger partial charge in [-0.1, -0.05) is 0 Å². The van der Waals surface area contributed by atoms with Crippen molar-refractivity contribution in [2.24, 2.45) is 0 Å². The van der Waals surface area contributed by atoms with Gasteiger partial charge in [0.25, 0.3) is 0 Å². The van der Waals surface area contributed by atoms with Crippen LogP contribution in [-0.2, 0) is 0 Å². The molecule has 6 nitrogen and oxygen atoms in total. The van der Waals surface area contributed by atoms with Crippen molar-refractivity contribution in [2.45, 2.75) is 13.8 Å². The maximum Gasteiger partial charge on any atom is 0.335 e. The number of nitrogens with one attached hydrogen (secondary N) is 1. The number of aromatic nitrogens is 1. The maximum atomic E-state index is 11.7. The van der Waals surface area contributed by atoms with E-state index in [1.807, 2.05) is 13.8 Å². The van der Waals surface area contributed by atoms with Crippen molar-refractivity contribution >= 4 is 17.8 Å². The van der Waals surface area contributed by atoms with Crippen LogP contribution in [0.15, 0.2) is 18.3 Å². The van der Waals surface area contributed by atoms with Gasteiger partial charge in [-0.15, -0.1) is 0 Å². The van der Waals surface area contributed by atoms with E-state index >= 15 is 0 Å². The zero-order valence-electron chi connectivity index (χ0n) is 9.80. The highest BCUT2D eigenvalue weighted by molar-refractivity contribution is 5.92. The zero-order chi connectivity index (χ0) is 12.8. The largest absolute Gasteiger partial charge is 0.478 e. The fraction of sp³-hybridized carbons (Fsp3) is 0.364. The van der Waals surface area contributed by atoms with Crippen LogP contribution in [-0.4, -0.2) is 40.1 Å². The predicted octanol–water partition coefficient (Wildman–Crippen LogP) is 1.65. The summed E-state index contributed by atoms with van der Waals surface area (Å²) < 4.78 is 0. The van der Waals surface area contributed by atoms with Gasteiger partial charge in [0, 0.05) is 19.3 Å². The van der Waals surface area contributed by atoms with Crippen LogP contribution in [0.25, 0.3) is 0 Å². The minimum Gasteiger partial charge on any atom is -0.478 e. The molecule has 17 heavy (non-hydrogen) atoms. The van der Waals surface area contributed by atoms with Gasteiger partial charge in [-0.2, -0.15) is 0 Å². The second-order valence-corrected chi connectivity index (χ2v) is 3.34. The molecule has 0 atom stereocenters. The molecule has 0 fully saturated rings. The third kappa shape index (κ3) is 3.44. The summed E-state index contributed by atoms with van der Waals surface area (Å²) >= 11 is 0. The molecule has 0 aliphatic heterocycles. The highest BCUT2D eigenvalue weighted by Crippen LogP contribution is 2.07. The quantitative estimate of drug-likeness (QED) is 0.834. The maximum absolute atomic E-state index is 11.7. The van der Waals surface area contributed by atoms with Crippen molar-refractivity contribution in [3.05, 3.63) is 23.9 Å². The van der Waals surface area contributed by atoms with Crippen LogP contribution in [0.2, 0.25) is 0 Å². The molecule has 1 aromatic rings. The molecule has 92 valence electrons. The summed E-state index contributed by atoms with van der Waals surface area (Å²) in [5, 5.41) is 11.3. The van der Waals surface area contributed by atoms with Gasteiger partial charge in [-0.3, -0.25) is 5.32 Å². The number of carbonyl (C=O) groups is 2. The Balaban J connectivity index is 2.78. The molecule has 0 aliphatic carbocycles. The van der Waals surface area contributed by atoms with Crippen LogP contribution < -0.4 is 5.32 Å². The predicted molar refractivity (Wildman–Crippen MR) is 63.1 cm³/mol. The lowest BCUT2D eigenvalue weighted by molar-refractivity contribution is 0.0696. The molecular weight excluding hydrogens is 222 g/mol. The first kappa shape index (κ1) is 13.0. The van der Waals surface area contributed by atoms with E-state index < -0.39 is 5.97 Å². The summed E-state index contributed by atoms with van der Waals surface area (Å²) in [6.45, 7) is 4.90. The molecule has 0 saturated carbocycles. The molecule has 0 aliphatic rings. The SMILES string of the molecule is CCN(CC)C(=O)Nc1cc(C(=O)O)ccn1. The molecule has 1 rings (SSSR count). The number of pyridine rings is 1. The number of rotatable bonds is 4. The van der Waals surface area contributed by atoms with E-state index in [1.54, 1.807) is 4.90 Å². The van der Waals surface area contributed by atoms with Crippen molar-refractivity contribution in [1.29, 1.82) is 0 Å². The standard InChI is InChI=1S/C11H15N3O3/c1-3-14(4-2)11(17)13-9-7-8(10(15)16)5-6-12-9/h5-7H,3-4H2,1-2H3,(H,15,16)(H,12,13,17). The average Bonchev–Trinajstić information content (AvgIpc) is 2.30. The number of anilines is 1. The molecule has 0 spiro atoms. The Morgan fingerprint density at radius 1 is 1.41 bits per heavy atom. The Labute approximate surface area is 99.3 Å². The van der Waals surface area contributed by atoms with E-state index in [0.717, 1.165) is 0 Å². The molecule has 1 aromatic heterocycles. The Kier molecular flexibility index (Phi) is 4.45. The molecule has 0 bridgehead atoms. The third-order valence-corrected chi connectivity index (χ3v) is 2.29. The van der Waals surface area contributed by atoms with E-state index in [9.17, 15) is 9.59 Å². The number of carbonyl (C=O) groups excluding carboxylic acids is 1. The lowest BCUT2D eigenvalue weighted by Gasteiger charge is -2.18. The summed E-state index contributed by atoms with van der Waals surface area (Å²) in [5.74, 6) is -0.812. The molecule has 0 aromatic carbocycles. The average molecular weight is 237 g/mol. The number of aromatic carboxylic acids is 1. The first-order chi connectivity index (χ1) is 8.08. The summed E-state index contributed by atoms with van der Waals surface area (Å²) in [6.07, 6.45) is 1.35. The van der Waals surface area contributed by atoms with Crippen LogP contribution in [0.5, 0.6) is 0 Å². The van der Waals surface area contributed by atoms with Crippen LogP contribution in [0, 0.1) is 0 Å².